The van der Waals surface area contributed by atoms with Gasteiger partial charge in [0.05, 0.1) is 29.7 Å². The lowest BCUT2D eigenvalue weighted by Gasteiger charge is -2.47. The van der Waals surface area contributed by atoms with E-state index >= 15 is 0 Å². The Morgan fingerprint density at radius 2 is 1.86 bits per heavy atom. The van der Waals surface area contributed by atoms with Crippen molar-refractivity contribution in [2.45, 2.75) is 49.3 Å². The summed E-state index contributed by atoms with van der Waals surface area (Å²) in [6.07, 6.45) is -3.70. The number of likely N-dealkylation sites (tertiary alicyclic amines) is 1. The van der Waals surface area contributed by atoms with Crippen LogP contribution in [0.5, 0.6) is 0 Å². The summed E-state index contributed by atoms with van der Waals surface area (Å²) in [6.45, 7) is 3.27. The van der Waals surface area contributed by atoms with Crippen LogP contribution < -0.4 is 0 Å². The van der Waals surface area contributed by atoms with Gasteiger partial charge in [0, 0.05) is 12.8 Å². The van der Waals surface area contributed by atoms with Crippen LogP contribution in [0.3, 0.4) is 0 Å². The smallest absolute Gasteiger partial charge is 0.362 e. The molecule has 0 aliphatic carbocycles. The first-order valence-corrected chi connectivity index (χ1v) is 12.8. The van der Waals surface area contributed by atoms with Crippen molar-refractivity contribution < 1.29 is 27.1 Å². The predicted octanol–water partition coefficient (Wildman–Crippen LogP) is 7.44. The zero-order valence-corrected chi connectivity index (χ0v) is 21.0. The number of alkyl halides is 3. The molecule has 5 rings (SSSR count). The second-order valence-electron chi connectivity index (χ2n) is 9.17. The number of carbonyl (C=O) groups is 1. The Kier molecular flexibility index (Phi) is 6.18. The minimum atomic E-state index is -4.63. The Morgan fingerprint density at radius 1 is 1.17 bits per heavy atom. The number of allylic oxidation sites excluding steroid dienone is 1. The maximum absolute atomic E-state index is 14.4. The van der Waals surface area contributed by atoms with Crippen molar-refractivity contribution >= 4 is 46.4 Å². The lowest BCUT2D eigenvalue weighted by molar-refractivity contribution is -0.168. The highest BCUT2D eigenvalue weighted by atomic mass is 35.5. The fourth-order valence-corrected chi connectivity index (χ4v) is 6.69. The minimum absolute atomic E-state index is 0.101. The number of amides is 1. The third kappa shape index (κ3) is 3.97. The molecule has 10 heteroatoms. The zero-order valence-electron chi connectivity index (χ0n) is 18.6. The van der Waals surface area contributed by atoms with E-state index in [-0.39, 0.29) is 17.9 Å². The summed E-state index contributed by atoms with van der Waals surface area (Å²) in [7, 11) is 0. The van der Waals surface area contributed by atoms with Crippen LogP contribution in [0.4, 0.5) is 17.6 Å². The maximum Gasteiger partial charge on any atom is 0.407 e. The summed E-state index contributed by atoms with van der Waals surface area (Å²) < 4.78 is 60.8. The molecule has 186 valence electrons. The summed E-state index contributed by atoms with van der Waals surface area (Å²) >= 11 is 12.3. The van der Waals surface area contributed by atoms with Gasteiger partial charge < -0.3 is 9.64 Å². The average molecular weight is 546 g/mol. The highest BCUT2D eigenvalue weighted by Crippen LogP contribution is 2.60. The van der Waals surface area contributed by atoms with Gasteiger partial charge in [-0.15, -0.1) is 11.8 Å². The molecule has 0 saturated carbocycles. The van der Waals surface area contributed by atoms with Gasteiger partial charge >= 0.3 is 6.18 Å². The average Bonchev–Trinajstić information content (AvgIpc) is 3.39. The fraction of sp³-hybridized carbons (Fsp3) is 0.400. The summed E-state index contributed by atoms with van der Waals surface area (Å²) in [4.78, 5) is 13.9. The number of fused-ring (bicyclic) bond motifs is 2. The molecule has 0 bridgehead atoms. The second kappa shape index (κ2) is 8.68. The molecule has 0 N–H and O–H groups in total. The SMILES string of the molecule is CCCC(=O)N1CC2(C1)OCc1cc(C3=CSC(c4cc(Cl)c(F)c(Cl)c4)(C(F)(F)F)C3)ccc12. The number of rotatable bonds is 4. The molecule has 35 heavy (non-hydrogen) atoms. The quantitative estimate of drug-likeness (QED) is 0.295. The monoisotopic (exact) mass is 545 g/mol. The van der Waals surface area contributed by atoms with Crippen molar-refractivity contribution in [3.63, 3.8) is 0 Å². The van der Waals surface area contributed by atoms with Gasteiger partial charge in [0.1, 0.15) is 10.3 Å². The van der Waals surface area contributed by atoms with Crippen LogP contribution in [0, 0.1) is 5.82 Å². The van der Waals surface area contributed by atoms with Gasteiger partial charge in [-0.1, -0.05) is 42.3 Å². The molecule has 1 amide bonds. The number of carbonyl (C=O) groups excluding carboxylic acids is 1. The molecule has 3 nitrogen and oxygen atoms in total. The molecule has 2 aromatic rings. The fourth-order valence-electron chi connectivity index (χ4n) is 5.01. The number of nitrogens with zero attached hydrogens (tertiary/aromatic N) is 1. The number of benzene rings is 2. The van der Waals surface area contributed by atoms with E-state index in [1.54, 1.807) is 11.0 Å². The van der Waals surface area contributed by atoms with Crippen molar-refractivity contribution in [1.29, 1.82) is 0 Å². The van der Waals surface area contributed by atoms with Crippen LogP contribution >= 0.6 is 35.0 Å². The summed E-state index contributed by atoms with van der Waals surface area (Å²) in [5.41, 5.74) is 2.35. The van der Waals surface area contributed by atoms with Gasteiger partial charge in [0.25, 0.3) is 0 Å². The van der Waals surface area contributed by atoms with E-state index in [2.05, 4.69) is 0 Å². The van der Waals surface area contributed by atoms with Crippen LogP contribution in [0.2, 0.25) is 10.0 Å². The van der Waals surface area contributed by atoms with Crippen molar-refractivity contribution in [3.05, 3.63) is 73.9 Å². The van der Waals surface area contributed by atoms with Gasteiger partial charge in [0.2, 0.25) is 5.91 Å². The highest BCUT2D eigenvalue weighted by Gasteiger charge is 2.59. The van der Waals surface area contributed by atoms with Crippen LogP contribution in [-0.2, 0) is 26.5 Å². The van der Waals surface area contributed by atoms with Crippen molar-refractivity contribution in [3.8, 4) is 0 Å². The molecule has 3 aliphatic rings. The molecule has 1 fully saturated rings. The maximum atomic E-state index is 14.4. The predicted molar refractivity (Wildman–Crippen MR) is 129 cm³/mol. The first kappa shape index (κ1) is 24.9. The standard InChI is InChI=1S/C25H21Cl2F4NO2S/c1-2-3-21(33)32-12-23(13-32)18-5-4-14(6-15(18)10-34-23)16-9-24(35-11-16,25(29,30)31)17-7-19(26)22(28)20(27)8-17/h4-8,11H,2-3,9-10,12-13H2,1H3. The zero-order chi connectivity index (χ0) is 25.2. The Labute approximate surface area is 214 Å². The Morgan fingerprint density at radius 3 is 2.49 bits per heavy atom. The van der Waals surface area contributed by atoms with E-state index in [4.69, 9.17) is 27.9 Å². The molecular weight excluding hydrogens is 525 g/mol. The van der Waals surface area contributed by atoms with Crippen molar-refractivity contribution in [2.24, 2.45) is 0 Å². The third-order valence-electron chi connectivity index (χ3n) is 6.93. The normalized spacial score (nSPS) is 22.8. The molecule has 1 spiro atoms. The second-order valence-corrected chi connectivity index (χ2v) is 11.2. The molecule has 2 aromatic carbocycles. The largest absolute Gasteiger partial charge is 0.407 e. The molecule has 3 heterocycles. The molecule has 0 radical (unpaired) electrons. The van der Waals surface area contributed by atoms with E-state index in [1.807, 2.05) is 19.1 Å². The van der Waals surface area contributed by atoms with Gasteiger partial charge in [0.15, 0.2) is 5.82 Å². The number of hydrogen-bond acceptors (Lipinski definition) is 3. The molecule has 1 unspecified atom stereocenters. The van der Waals surface area contributed by atoms with E-state index in [0.29, 0.717) is 49.0 Å². The van der Waals surface area contributed by atoms with Gasteiger partial charge in [-0.3, -0.25) is 4.79 Å². The van der Waals surface area contributed by atoms with Crippen LogP contribution in [0.25, 0.3) is 5.57 Å². The van der Waals surface area contributed by atoms with Crippen molar-refractivity contribution in [2.75, 3.05) is 13.1 Å². The lowest BCUT2D eigenvalue weighted by atomic mass is 9.83. The van der Waals surface area contributed by atoms with Crippen LogP contribution in [-0.4, -0.2) is 30.1 Å². The number of halogens is 6. The molecule has 1 atom stereocenters. The minimum Gasteiger partial charge on any atom is -0.362 e. The van der Waals surface area contributed by atoms with Gasteiger partial charge in [-0.05, 0) is 57.9 Å². The van der Waals surface area contributed by atoms with E-state index in [0.717, 1.165) is 29.7 Å². The molecule has 3 aliphatic heterocycles. The summed E-state index contributed by atoms with van der Waals surface area (Å²) in [6, 6.07) is 7.56. The van der Waals surface area contributed by atoms with Gasteiger partial charge in [-0.25, -0.2) is 4.39 Å². The molecule has 1 saturated heterocycles. The third-order valence-corrected chi connectivity index (χ3v) is 8.90. The number of hydrogen-bond donors (Lipinski definition) is 0. The summed E-state index contributed by atoms with van der Waals surface area (Å²) in [5, 5.41) is 0.606. The Balaban J connectivity index is 1.40. The summed E-state index contributed by atoms with van der Waals surface area (Å²) in [5.74, 6) is -0.839. The topological polar surface area (TPSA) is 29.5 Å². The van der Waals surface area contributed by atoms with E-state index in [1.165, 1.54) is 5.41 Å². The number of thioether (sulfide) groups is 1. The van der Waals surface area contributed by atoms with E-state index < -0.39 is 32.4 Å². The van der Waals surface area contributed by atoms with E-state index in [9.17, 15) is 22.4 Å². The van der Waals surface area contributed by atoms with Crippen LogP contribution in [0.15, 0.2) is 35.7 Å². The molecule has 0 aromatic heterocycles. The Hall–Kier alpha value is -1.74. The van der Waals surface area contributed by atoms with Crippen molar-refractivity contribution in [1.82, 2.24) is 4.90 Å². The molecular formula is C25H21Cl2F4NO2S. The lowest BCUT2D eigenvalue weighted by Crippen LogP contribution is -2.61. The highest BCUT2D eigenvalue weighted by molar-refractivity contribution is 8.03. The number of ether oxygens (including phenoxy) is 1. The first-order valence-electron chi connectivity index (χ1n) is 11.1. The van der Waals surface area contributed by atoms with Gasteiger partial charge in [-0.2, -0.15) is 13.2 Å². The Bertz CT molecular complexity index is 1220. The first-order chi connectivity index (χ1) is 16.5. The van der Waals surface area contributed by atoms with Crippen LogP contribution in [0.1, 0.15) is 48.4 Å².